The molecule has 4 nitrogen and oxygen atoms in total. The lowest BCUT2D eigenvalue weighted by molar-refractivity contribution is -0.340. The second-order valence-corrected chi connectivity index (χ2v) is 7.03. The Morgan fingerprint density at radius 1 is 1.21 bits per heavy atom. The Hall–Kier alpha value is -1.51. The van der Waals surface area contributed by atoms with Crippen molar-refractivity contribution in [1.82, 2.24) is 5.43 Å². The molecule has 0 fully saturated rings. The lowest BCUT2D eigenvalue weighted by atomic mass is 9.76. The maximum absolute atomic E-state index is 12.9. The fourth-order valence-corrected chi connectivity index (χ4v) is 3.55. The Kier molecular flexibility index (Phi) is 6.57. The van der Waals surface area contributed by atoms with E-state index >= 15 is 0 Å². The van der Waals surface area contributed by atoms with Gasteiger partial charge < -0.3 is 0 Å². The summed E-state index contributed by atoms with van der Waals surface area (Å²) in [4.78, 5) is 0. The molecule has 0 bridgehead atoms. The van der Waals surface area contributed by atoms with Crippen molar-refractivity contribution in [1.29, 1.82) is 5.26 Å². The van der Waals surface area contributed by atoms with Crippen molar-refractivity contribution >= 4 is 23.2 Å². The zero-order valence-corrected chi connectivity index (χ0v) is 15.3. The van der Waals surface area contributed by atoms with E-state index in [0.717, 1.165) is 6.08 Å². The molecule has 3 unspecified atom stereocenters. The van der Waals surface area contributed by atoms with Crippen molar-refractivity contribution in [2.75, 3.05) is 0 Å². The maximum Gasteiger partial charge on any atom is 0.523 e. The molecule has 28 heavy (non-hydrogen) atoms. The summed E-state index contributed by atoms with van der Waals surface area (Å²) >= 11 is 11.9. The second kappa shape index (κ2) is 8.08. The van der Waals surface area contributed by atoms with Gasteiger partial charge in [-0.3, -0.25) is 16.0 Å². The highest BCUT2D eigenvalue weighted by atomic mass is 35.5. The number of hydrogen-bond donors (Lipinski definition) is 2. The second-order valence-electron chi connectivity index (χ2n) is 6.22. The third-order valence-corrected chi connectivity index (χ3v) is 4.94. The molecule has 3 N–H and O–H groups in total. The highest BCUT2D eigenvalue weighted by molar-refractivity contribution is 6.36. The van der Waals surface area contributed by atoms with Crippen LogP contribution in [0.5, 0.6) is 0 Å². The average molecular weight is 448 g/mol. The van der Waals surface area contributed by atoms with E-state index in [1.807, 2.05) is 0 Å². The molecule has 154 valence electrons. The Morgan fingerprint density at radius 2 is 1.79 bits per heavy atom. The minimum Gasteiger partial charge on any atom is -0.283 e. The summed E-state index contributed by atoms with van der Waals surface area (Å²) in [5.41, 5.74) is 0.189. The van der Waals surface area contributed by atoms with Crippen LogP contribution in [0.3, 0.4) is 0 Å². The monoisotopic (exact) mass is 447 g/mol. The molecule has 1 aromatic rings. The largest absolute Gasteiger partial charge is 0.523 e. The van der Waals surface area contributed by atoms with Crippen LogP contribution in [0.25, 0.3) is 0 Å². The number of nitrogens with one attached hydrogen (secondary N) is 1. The maximum atomic E-state index is 12.9. The van der Waals surface area contributed by atoms with Gasteiger partial charge in [-0.2, -0.15) is 18.4 Å². The van der Waals surface area contributed by atoms with Crippen LogP contribution in [0.4, 0.5) is 26.3 Å². The molecule has 0 amide bonds. The topological polar surface area (TPSA) is 71.1 Å². The molecule has 0 radical (unpaired) electrons. The zero-order valence-electron chi connectivity index (χ0n) is 13.8. The Labute approximate surface area is 165 Å². The van der Waals surface area contributed by atoms with Gasteiger partial charge in [-0.15, -0.1) is 13.2 Å². The minimum absolute atomic E-state index is 0.103. The number of nitriles is 1. The van der Waals surface area contributed by atoms with Crippen LogP contribution in [0.1, 0.15) is 17.5 Å². The molecule has 0 aliphatic heterocycles. The first kappa shape index (κ1) is 22.8. The predicted molar refractivity (Wildman–Crippen MR) is 89.0 cm³/mol. The quantitative estimate of drug-likeness (QED) is 0.302. The van der Waals surface area contributed by atoms with Crippen LogP contribution >= 0.6 is 23.2 Å². The summed E-state index contributed by atoms with van der Waals surface area (Å²) in [6.45, 7) is 0. The first-order chi connectivity index (χ1) is 12.8. The van der Waals surface area contributed by atoms with Gasteiger partial charge in [0.2, 0.25) is 0 Å². The molecule has 12 heteroatoms. The Morgan fingerprint density at radius 3 is 2.21 bits per heavy atom. The van der Waals surface area contributed by atoms with Gasteiger partial charge in [0.05, 0.1) is 23.1 Å². The standard InChI is InChI=1S/C16H13Cl2F6N3O/c17-11-3-9(15(19,20)21)4-12(18)10(11)6-14(27-26)2-1-13(8(5-14)7-25)28-16(22,23)24/h1-4,8,13,27H,5-6,26H2. The van der Waals surface area contributed by atoms with Gasteiger partial charge >= 0.3 is 12.5 Å². The molecule has 1 aliphatic rings. The molecule has 0 spiro atoms. The number of benzene rings is 1. The molecule has 0 saturated carbocycles. The summed E-state index contributed by atoms with van der Waals surface area (Å²) in [5, 5.41) is 8.64. The molecule has 1 aliphatic carbocycles. The van der Waals surface area contributed by atoms with Crippen molar-refractivity contribution in [3.63, 3.8) is 0 Å². The van der Waals surface area contributed by atoms with E-state index in [0.29, 0.717) is 12.1 Å². The van der Waals surface area contributed by atoms with E-state index in [1.54, 1.807) is 6.07 Å². The fraction of sp³-hybridized carbons (Fsp3) is 0.438. The number of hydrazine groups is 1. The van der Waals surface area contributed by atoms with Gasteiger partial charge in [0.15, 0.2) is 0 Å². The van der Waals surface area contributed by atoms with Crippen LogP contribution in [0.15, 0.2) is 24.3 Å². The Balaban J connectivity index is 2.36. The number of hydrogen-bond acceptors (Lipinski definition) is 4. The third kappa shape index (κ3) is 5.30. The molecule has 2 rings (SSSR count). The molecule has 1 aromatic carbocycles. The number of ether oxygens (including phenoxy) is 1. The van der Waals surface area contributed by atoms with E-state index in [1.165, 1.54) is 6.08 Å². The predicted octanol–water partition coefficient (Wildman–Crippen LogP) is 4.76. The van der Waals surface area contributed by atoms with Gasteiger partial charge in [0.1, 0.15) is 6.10 Å². The van der Waals surface area contributed by atoms with Crippen LogP contribution in [-0.4, -0.2) is 18.0 Å². The van der Waals surface area contributed by atoms with Crippen LogP contribution < -0.4 is 11.3 Å². The Bertz CT molecular complexity index is 782. The highest BCUT2D eigenvalue weighted by Gasteiger charge is 2.43. The zero-order chi connectivity index (χ0) is 21.3. The van der Waals surface area contributed by atoms with E-state index in [2.05, 4.69) is 10.2 Å². The number of rotatable bonds is 4. The summed E-state index contributed by atoms with van der Waals surface area (Å²) in [5.74, 6) is 4.31. The van der Waals surface area contributed by atoms with E-state index in [-0.39, 0.29) is 28.5 Å². The number of nitrogens with two attached hydrogens (primary N) is 1. The SMILES string of the molecule is N#CC1CC(Cc2c(Cl)cc(C(F)(F)F)cc2Cl)(NN)C=CC1OC(F)(F)F. The van der Waals surface area contributed by atoms with E-state index in [9.17, 15) is 31.6 Å². The van der Waals surface area contributed by atoms with Gasteiger partial charge in [-0.05, 0) is 30.5 Å². The molecular weight excluding hydrogens is 435 g/mol. The van der Waals surface area contributed by atoms with Gasteiger partial charge in [0, 0.05) is 10.0 Å². The highest BCUT2D eigenvalue weighted by Crippen LogP contribution is 2.40. The van der Waals surface area contributed by atoms with E-state index < -0.39 is 35.7 Å². The summed E-state index contributed by atoms with van der Waals surface area (Å²) in [6.07, 6.45) is -9.24. The normalized spacial score (nSPS) is 25.6. The van der Waals surface area contributed by atoms with Gasteiger partial charge in [0.25, 0.3) is 0 Å². The molecular formula is C16H13Cl2F6N3O. The van der Waals surface area contributed by atoms with Crippen molar-refractivity contribution in [2.24, 2.45) is 11.8 Å². The summed E-state index contributed by atoms with van der Waals surface area (Å²) in [7, 11) is 0. The average Bonchev–Trinajstić information content (AvgIpc) is 2.57. The van der Waals surface area contributed by atoms with Gasteiger partial charge in [-0.25, -0.2) is 0 Å². The summed E-state index contributed by atoms with van der Waals surface area (Å²) in [6, 6.07) is 3.11. The van der Waals surface area contributed by atoms with Crippen LogP contribution in [0.2, 0.25) is 10.0 Å². The van der Waals surface area contributed by atoms with Crippen LogP contribution in [-0.2, 0) is 17.3 Å². The third-order valence-electron chi connectivity index (χ3n) is 4.27. The number of halogens is 8. The van der Waals surface area contributed by atoms with Crippen LogP contribution in [0, 0.1) is 17.2 Å². The molecule has 0 aromatic heterocycles. The van der Waals surface area contributed by atoms with Crippen molar-refractivity contribution in [2.45, 2.75) is 37.0 Å². The minimum atomic E-state index is -4.94. The molecule has 0 saturated heterocycles. The lowest BCUT2D eigenvalue weighted by Crippen LogP contribution is -2.54. The van der Waals surface area contributed by atoms with Crippen molar-refractivity contribution < 1.29 is 31.1 Å². The number of alkyl halides is 6. The van der Waals surface area contributed by atoms with E-state index in [4.69, 9.17) is 29.0 Å². The van der Waals surface area contributed by atoms with Crippen molar-refractivity contribution in [3.8, 4) is 6.07 Å². The number of nitrogens with zero attached hydrogens (tertiary/aromatic N) is 1. The summed E-state index contributed by atoms with van der Waals surface area (Å²) < 4.78 is 79.9. The molecule has 0 heterocycles. The first-order valence-corrected chi connectivity index (χ1v) is 8.42. The fourth-order valence-electron chi connectivity index (χ4n) is 2.92. The molecule has 3 atom stereocenters. The first-order valence-electron chi connectivity index (χ1n) is 7.66. The van der Waals surface area contributed by atoms with Gasteiger partial charge in [-0.1, -0.05) is 35.4 Å². The lowest BCUT2D eigenvalue weighted by Gasteiger charge is -2.38. The smallest absolute Gasteiger partial charge is 0.283 e. The van der Waals surface area contributed by atoms with Crippen molar-refractivity contribution in [3.05, 3.63) is 45.5 Å².